The maximum atomic E-state index is 5.38. The van der Waals surface area contributed by atoms with Crippen LogP contribution in [0, 0.1) is 13.8 Å². The van der Waals surface area contributed by atoms with E-state index < -0.39 is 0 Å². The molecule has 1 aromatic carbocycles. The molecule has 0 radical (unpaired) electrons. The highest BCUT2D eigenvalue weighted by molar-refractivity contribution is 5.57. The van der Waals surface area contributed by atoms with Crippen molar-refractivity contribution in [2.75, 3.05) is 12.4 Å². The zero-order valence-electron chi connectivity index (χ0n) is 10.4. The Hall–Kier alpha value is -1.90. The first-order valence-corrected chi connectivity index (χ1v) is 5.62. The number of anilines is 1. The standard InChI is InChI=1S/C14H17NO2/c1-10-4-5-12(13(8-10)16-3)15-9-14-11(2)6-7-17-14/h4-8,15H,9H2,1-3H3. The lowest BCUT2D eigenvalue weighted by molar-refractivity contribution is 0.416. The molecule has 3 heteroatoms. The summed E-state index contributed by atoms with van der Waals surface area (Å²) >= 11 is 0. The van der Waals surface area contributed by atoms with E-state index >= 15 is 0 Å². The van der Waals surface area contributed by atoms with Crippen molar-refractivity contribution in [3.63, 3.8) is 0 Å². The molecule has 0 bridgehead atoms. The third-order valence-electron chi connectivity index (χ3n) is 2.76. The molecule has 90 valence electrons. The summed E-state index contributed by atoms with van der Waals surface area (Å²) in [4.78, 5) is 0. The van der Waals surface area contributed by atoms with Gasteiger partial charge in [0.15, 0.2) is 0 Å². The molecule has 0 unspecified atom stereocenters. The predicted octanol–water partition coefficient (Wildman–Crippen LogP) is 3.52. The van der Waals surface area contributed by atoms with Crippen molar-refractivity contribution in [3.05, 3.63) is 47.4 Å². The van der Waals surface area contributed by atoms with Gasteiger partial charge in [-0.2, -0.15) is 0 Å². The Bertz CT molecular complexity index is 503. The quantitative estimate of drug-likeness (QED) is 0.874. The molecule has 0 atom stereocenters. The fourth-order valence-electron chi connectivity index (χ4n) is 1.71. The Balaban J connectivity index is 2.11. The molecule has 3 nitrogen and oxygen atoms in total. The van der Waals surface area contributed by atoms with Crippen molar-refractivity contribution in [3.8, 4) is 5.75 Å². The second-order valence-electron chi connectivity index (χ2n) is 4.08. The molecule has 0 saturated heterocycles. The second kappa shape index (κ2) is 4.95. The lowest BCUT2D eigenvalue weighted by Gasteiger charge is -2.11. The van der Waals surface area contributed by atoms with E-state index in [2.05, 4.69) is 11.4 Å². The maximum Gasteiger partial charge on any atom is 0.142 e. The van der Waals surface area contributed by atoms with Crippen molar-refractivity contribution >= 4 is 5.69 Å². The van der Waals surface area contributed by atoms with Crippen molar-refractivity contribution < 1.29 is 9.15 Å². The normalized spacial score (nSPS) is 10.3. The van der Waals surface area contributed by atoms with Crippen LogP contribution in [0.25, 0.3) is 0 Å². The van der Waals surface area contributed by atoms with Gasteiger partial charge in [-0.05, 0) is 43.2 Å². The minimum absolute atomic E-state index is 0.665. The molecule has 1 heterocycles. The average molecular weight is 231 g/mol. The molecule has 0 spiro atoms. The Labute approximate surface area is 101 Å². The zero-order valence-corrected chi connectivity index (χ0v) is 10.4. The van der Waals surface area contributed by atoms with Gasteiger partial charge >= 0.3 is 0 Å². The molecule has 0 aliphatic carbocycles. The molecule has 2 rings (SSSR count). The average Bonchev–Trinajstić information content (AvgIpc) is 2.73. The number of hydrogen-bond acceptors (Lipinski definition) is 3. The molecule has 0 amide bonds. The van der Waals surface area contributed by atoms with E-state index in [1.807, 2.05) is 32.0 Å². The Morgan fingerprint density at radius 3 is 2.71 bits per heavy atom. The lowest BCUT2D eigenvalue weighted by Crippen LogP contribution is -2.01. The molecule has 0 saturated carbocycles. The summed E-state index contributed by atoms with van der Waals surface area (Å²) in [6, 6.07) is 8.05. The van der Waals surface area contributed by atoms with Gasteiger partial charge in [0.2, 0.25) is 0 Å². The summed E-state index contributed by atoms with van der Waals surface area (Å²) in [6.07, 6.45) is 1.71. The Morgan fingerprint density at radius 1 is 1.24 bits per heavy atom. The molecule has 17 heavy (non-hydrogen) atoms. The van der Waals surface area contributed by atoms with Gasteiger partial charge in [0.05, 0.1) is 25.6 Å². The maximum absolute atomic E-state index is 5.38. The molecule has 2 aromatic rings. The first-order valence-electron chi connectivity index (χ1n) is 5.62. The van der Waals surface area contributed by atoms with Crippen molar-refractivity contribution in [2.45, 2.75) is 20.4 Å². The smallest absolute Gasteiger partial charge is 0.142 e. The fraction of sp³-hybridized carbons (Fsp3) is 0.286. The number of methoxy groups -OCH3 is 1. The summed E-state index contributed by atoms with van der Waals surface area (Å²) in [5.41, 5.74) is 3.32. The van der Waals surface area contributed by atoms with Crippen molar-refractivity contribution in [1.29, 1.82) is 0 Å². The van der Waals surface area contributed by atoms with Crippen LogP contribution in [0.3, 0.4) is 0 Å². The molecule has 0 aliphatic rings. The third-order valence-corrected chi connectivity index (χ3v) is 2.76. The molecule has 1 aromatic heterocycles. The fourth-order valence-corrected chi connectivity index (χ4v) is 1.71. The van der Waals surface area contributed by atoms with E-state index in [0.717, 1.165) is 22.8 Å². The minimum atomic E-state index is 0.665. The SMILES string of the molecule is COc1cc(C)ccc1NCc1occc1C. The van der Waals surface area contributed by atoms with Crippen LogP contribution >= 0.6 is 0 Å². The largest absolute Gasteiger partial charge is 0.495 e. The van der Waals surface area contributed by atoms with Crippen LogP contribution in [0.15, 0.2) is 34.9 Å². The van der Waals surface area contributed by atoms with Crippen LogP contribution in [0.4, 0.5) is 5.69 Å². The van der Waals surface area contributed by atoms with E-state index in [4.69, 9.17) is 9.15 Å². The van der Waals surface area contributed by atoms with Crippen LogP contribution in [0.1, 0.15) is 16.9 Å². The molecular formula is C14H17NO2. The molecule has 1 N–H and O–H groups in total. The van der Waals surface area contributed by atoms with Gasteiger partial charge in [0.1, 0.15) is 11.5 Å². The van der Waals surface area contributed by atoms with Crippen molar-refractivity contribution in [1.82, 2.24) is 0 Å². The first-order chi connectivity index (χ1) is 8.20. The number of ether oxygens (including phenoxy) is 1. The van der Waals surface area contributed by atoms with Crippen LogP contribution in [0.5, 0.6) is 5.75 Å². The Morgan fingerprint density at radius 2 is 2.06 bits per heavy atom. The highest BCUT2D eigenvalue weighted by Crippen LogP contribution is 2.26. The van der Waals surface area contributed by atoms with E-state index in [1.54, 1.807) is 13.4 Å². The number of benzene rings is 1. The predicted molar refractivity (Wildman–Crippen MR) is 68.5 cm³/mol. The summed E-state index contributed by atoms with van der Waals surface area (Å²) in [5.74, 6) is 1.81. The summed E-state index contributed by atoms with van der Waals surface area (Å²) in [5, 5.41) is 3.32. The van der Waals surface area contributed by atoms with Gasteiger partial charge in [-0.1, -0.05) is 6.07 Å². The topological polar surface area (TPSA) is 34.4 Å². The van der Waals surface area contributed by atoms with Gasteiger partial charge < -0.3 is 14.5 Å². The number of furan rings is 1. The van der Waals surface area contributed by atoms with Crippen molar-refractivity contribution in [2.24, 2.45) is 0 Å². The molecule has 0 aliphatic heterocycles. The number of nitrogens with one attached hydrogen (secondary N) is 1. The van der Waals surface area contributed by atoms with E-state index in [1.165, 1.54) is 5.56 Å². The monoisotopic (exact) mass is 231 g/mol. The van der Waals surface area contributed by atoms with Crippen LogP contribution in [-0.4, -0.2) is 7.11 Å². The molecular weight excluding hydrogens is 214 g/mol. The first kappa shape index (κ1) is 11.6. The van der Waals surface area contributed by atoms with E-state index in [0.29, 0.717) is 6.54 Å². The van der Waals surface area contributed by atoms with E-state index in [-0.39, 0.29) is 0 Å². The van der Waals surface area contributed by atoms with Crippen LogP contribution in [0.2, 0.25) is 0 Å². The van der Waals surface area contributed by atoms with E-state index in [9.17, 15) is 0 Å². The second-order valence-corrected chi connectivity index (χ2v) is 4.08. The van der Waals surface area contributed by atoms with Crippen LogP contribution < -0.4 is 10.1 Å². The van der Waals surface area contributed by atoms with Gasteiger partial charge in [-0.3, -0.25) is 0 Å². The Kier molecular flexibility index (Phi) is 3.38. The molecule has 0 fully saturated rings. The van der Waals surface area contributed by atoms with Gasteiger partial charge in [-0.25, -0.2) is 0 Å². The number of hydrogen-bond donors (Lipinski definition) is 1. The van der Waals surface area contributed by atoms with Gasteiger partial charge in [0, 0.05) is 0 Å². The minimum Gasteiger partial charge on any atom is -0.495 e. The zero-order chi connectivity index (χ0) is 12.3. The summed E-state index contributed by atoms with van der Waals surface area (Å²) in [6.45, 7) is 4.74. The van der Waals surface area contributed by atoms with Gasteiger partial charge in [-0.15, -0.1) is 0 Å². The summed E-state index contributed by atoms with van der Waals surface area (Å²) < 4.78 is 10.7. The van der Waals surface area contributed by atoms with Gasteiger partial charge in [0.25, 0.3) is 0 Å². The highest BCUT2D eigenvalue weighted by atomic mass is 16.5. The number of aryl methyl sites for hydroxylation is 2. The summed E-state index contributed by atoms with van der Waals surface area (Å²) in [7, 11) is 1.68. The number of rotatable bonds is 4. The lowest BCUT2D eigenvalue weighted by atomic mass is 10.2. The van der Waals surface area contributed by atoms with Crippen LogP contribution in [-0.2, 0) is 6.54 Å². The highest BCUT2D eigenvalue weighted by Gasteiger charge is 2.05. The third kappa shape index (κ3) is 2.61.